The molecule has 1 saturated heterocycles. The molecule has 0 bridgehead atoms. The van der Waals surface area contributed by atoms with Gasteiger partial charge in [-0.15, -0.1) is 0 Å². The molecule has 1 N–H and O–H groups in total. The lowest BCUT2D eigenvalue weighted by atomic mass is 10.1. The molecule has 1 fully saturated rings. The van der Waals surface area contributed by atoms with E-state index in [0.717, 1.165) is 24.0 Å². The van der Waals surface area contributed by atoms with Crippen LogP contribution in [0.5, 0.6) is 0 Å². The third-order valence-corrected chi connectivity index (χ3v) is 6.55. The number of hydrogen-bond acceptors (Lipinski definition) is 6. The van der Waals surface area contributed by atoms with Gasteiger partial charge in [0.05, 0.1) is 23.8 Å². The lowest BCUT2D eigenvalue weighted by Gasteiger charge is -2.17. The molecule has 4 aromatic rings. The van der Waals surface area contributed by atoms with E-state index >= 15 is 0 Å². The number of oxazole rings is 1. The molecule has 3 aromatic carbocycles. The monoisotopic (exact) mass is 481 g/mol. The van der Waals surface area contributed by atoms with E-state index in [2.05, 4.69) is 10.3 Å². The number of nitrogens with one attached hydrogen (secondary N) is 1. The normalized spacial score (nSPS) is 17.1. The molecule has 2 aliphatic heterocycles. The Balaban J connectivity index is 1.21. The highest BCUT2D eigenvalue weighted by Gasteiger charge is 2.38. The van der Waals surface area contributed by atoms with Gasteiger partial charge < -0.3 is 14.5 Å². The van der Waals surface area contributed by atoms with Crippen LogP contribution in [-0.2, 0) is 4.74 Å². The Kier molecular flexibility index (Phi) is 5.38. The van der Waals surface area contributed by atoms with Crippen molar-refractivity contribution in [2.24, 2.45) is 0 Å². The maximum Gasteiger partial charge on any atom is 0.261 e. The highest BCUT2D eigenvalue weighted by atomic mass is 16.5. The van der Waals surface area contributed by atoms with Gasteiger partial charge in [-0.1, -0.05) is 17.7 Å². The third kappa shape index (κ3) is 3.95. The summed E-state index contributed by atoms with van der Waals surface area (Å²) in [7, 11) is 0. The van der Waals surface area contributed by atoms with Gasteiger partial charge in [0, 0.05) is 29.5 Å². The first kappa shape index (κ1) is 22.2. The standard InChI is InChI=1S/C28H23N3O5/c1-16-4-2-5-18(12-16)26-30-23-10-8-19(14-24(23)36-26)29-25(32)17-7-9-21-22(13-17)28(34)31(27(21)33)15-20-6-3-11-35-20/h2,4-5,7-10,12-14,20H,3,6,11,15H2,1H3,(H,29,32). The van der Waals surface area contributed by atoms with Gasteiger partial charge in [-0.3, -0.25) is 19.3 Å². The predicted molar refractivity (Wildman–Crippen MR) is 133 cm³/mol. The Hall–Kier alpha value is -4.30. The second-order valence-electron chi connectivity index (χ2n) is 9.14. The average molecular weight is 482 g/mol. The van der Waals surface area contributed by atoms with Gasteiger partial charge in [0.2, 0.25) is 5.89 Å². The van der Waals surface area contributed by atoms with Gasteiger partial charge in [-0.05, 0) is 62.2 Å². The Labute approximate surface area is 206 Å². The van der Waals surface area contributed by atoms with Gasteiger partial charge in [0.15, 0.2) is 5.58 Å². The van der Waals surface area contributed by atoms with Crippen LogP contribution in [-0.4, -0.2) is 46.9 Å². The fourth-order valence-electron chi connectivity index (χ4n) is 4.70. The Morgan fingerprint density at radius 2 is 1.92 bits per heavy atom. The number of fused-ring (bicyclic) bond motifs is 2. The first-order chi connectivity index (χ1) is 17.5. The molecule has 0 saturated carbocycles. The molecule has 8 nitrogen and oxygen atoms in total. The number of carbonyl (C=O) groups excluding carboxylic acids is 3. The lowest BCUT2D eigenvalue weighted by molar-refractivity contribution is 0.0475. The minimum absolute atomic E-state index is 0.132. The maximum atomic E-state index is 13.0. The Bertz CT molecular complexity index is 1530. The van der Waals surface area contributed by atoms with E-state index in [4.69, 9.17) is 9.15 Å². The van der Waals surface area contributed by atoms with Gasteiger partial charge in [-0.2, -0.15) is 0 Å². The van der Waals surface area contributed by atoms with Crippen LogP contribution in [0.4, 0.5) is 5.69 Å². The molecule has 8 heteroatoms. The number of amides is 3. The zero-order valence-corrected chi connectivity index (χ0v) is 19.6. The zero-order valence-electron chi connectivity index (χ0n) is 19.6. The van der Waals surface area contributed by atoms with Gasteiger partial charge >= 0.3 is 0 Å². The molecule has 6 rings (SSSR count). The molecule has 3 heterocycles. The number of imide groups is 1. The van der Waals surface area contributed by atoms with Crippen LogP contribution >= 0.6 is 0 Å². The van der Waals surface area contributed by atoms with Crippen molar-refractivity contribution < 1.29 is 23.5 Å². The van der Waals surface area contributed by atoms with Crippen molar-refractivity contribution in [2.45, 2.75) is 25.9 Å². The van der Waals surface area contributed by atoms with E-state index in [1.54, 1.807) is 24.3 Å². The molecule has 36 heavy (non-hydrogen) atoms. The van der Waals surface area contributed by atoms with Crippen molar-refractivity contribution in [3.63, 3.8) is 0 Å². The summed E-state index contributed by atoms with van der Waals surface area (Å²) in [5.74, 6) is -0.635. The van der Waals surface area contributed by atoms with E-state index in [1.807, 2.05) is 31.2 Å². The van der Waals surface area contributed by atoms with Crippen LogP contribution in [0.2, 0.25) is 0 Å². The van der Waals surface area contributed by atoms with E-state index in [-0.39, 0.29) is 29.7 Å². The molecule has 180 valence electrons. The second-order valence-corrected chi connectivity index (χ2v) is 9.14. The number of carbonyl (C=O) groups is 3. The molecule has 0 radical (unpaired) electrons. The minimum Gasteiger partial charge on any atom is -0.436 e. The number of benzene rings is 3. The van der Waals surface area contributed by atoms with E-state index in [0.29, 0.717) is 34.8 Å². The Morgan fingerprint density at radius 3 is 2.72 bits per heavy atom. The fourth-order valence-corrected chi connectivity index (χ4v) is 4.70. The molecule has 3 amide bonds. The van der Waals surface area contributed by atoms with Crippen molar-refractivity contribution in [1.82, 2.24) is 9.88 Å². The van der Waals surface area contributed by atoms with E-state index < -0.39 is 11.8 Å². The molecule has 2 aliphatic rings. The van der Waals surface area contributed by atoms with Crippen molar-refractivity contribution >= 4 is 34.5 Å². The third-order valence-electron chi connectivity index (χ3n) is 6.55. The smallest absolute Gasteiger partial charge is 0.261 e. The first-order valence-corrected chi connectivity index (χ1v) is 11.9. The van der Waals surface area contributed by atoms with E-state index in [9.17, 15) is 14.4 Å². The molecule has 0 aliphatic carbocycles. The molecule has 1 aromatic heterocycles. The maximum absolute atomic E-state index is 13.0. The summed E-state index contributed by atoms with van der Waals surface area (Å²) in [4.78, 5) is 44.4. The summed E-state index contributed by atoms with van der Waals surface area (Å²) < 4.78 is 11.5. The van der Waals surface area contributed by atoms with Crippen LogP contribution in [0.15, 0.2) is 65.1 Å². The number of rotatable bonds is 5. The van der Waals surface area contributed by atoms with Crippen LogP contribution < -0.4 is 5.32 Å². The SMILES string of the molecule is Cc1cccc(-c2nc3ccc(NC(=O)c4ccc5c(c4)C(=O)N(CC4CCCO4)C5=O)cc3o2)c1. The van der Waals surface area contributed by atoms with Crippen LogP contribution in [0.1, 0.15) is 49.5 Å². The van der Waals surface area contributed by atoms with Crippen molar-refractivity contribution in [3.05, 3.63) is 82.9 Å². The number of aromatic nitrogens is 1. The van der Waals surface area contributed by atoms with Crippen molar-refractivity contribution in [1.29, 1.82) is 0 Å². The Morgan fingerprint density at radius 1 is 1.06 bits per heavy atom. The summed E-state index contributed by atoms with van der Waals surface area (Å²) in [6.07, 6.45) is 1.61. The molecule has 0 spiro atoms. The number of aryl methyl sites for hydroxylation is 1. The highest BCUT2D eigenvalue weighted by molar-refractivity contribution is 6.22. The summed E-state index contributed by atoms with van der Waals surface area (Å²) in [5, 5.41) is 2.84. The van der Waals surface area contributed by atoms with Gasteiger partial charge in [-0.25, -0.2) is 4.98 Å². The number of anilines is 1. The van der Waals surface area contributed by atoms with Crippen molar-refractivity contribution in [2.75, 3.05) is 18.5 Å². The number of nitrogens with zero attached hydrogens (tertiary/aromatic N) is 2. The van der Waals surface area contributed by atoms with Crippen molar-refractivity contribution in [3.8, 4) is 11.5 Å². The molecule has 1 unspecified atom stereocenters. The number of ether oxygens (including phenoxy) is 1. The largest absolute Gasteiger partial charge is 0.436 e. The topological polar surface area (TPSA) is 102 Å². The summed E-state index contributed by atoms with van der Waals surface area (Å²) in [6.45, 7) is 2.88. The summed E-state index contributed by atoms with van der Waals surface area (Å²) >= 11 is 0. The number of hydrogen-bond donors (Lipinski definition) is 1. The summed E-state index contributed by atoms with van der Waals surface area (Å²) in [5.41, 5.74) is 4.56. The zero-order chi connectivity index (χ0) is 24.8. The minimum atomic E-state index is -0.396. The van der Waals surface area contributed by atoms with Gasteiger partial charge in [0.25, 0.3) is 17.7 Å². The van der Waals surface area contributed by atoms with Crippen LogP contribution in [0.3, 0.4) is 0 Å². The van der Waals surface area contributed by atoms with Gasteiger partial charge in [0.1, 0.15) is 5.52 Å². The molecular weight excluding hydrogens is 458 g/mol. The second kappa shape index (κ2) is 8.73. The average Bonchev–Trinajstić information content (AvgIpc) is 3.60. The molecular formula is C28H23N3O5. The summed E-state index contributed by atoms with van der Waals surface area (Å²) in [6, 6.07) is 17.7. The highest BCUT2D eigenvalue weighted by Crippen LogP contribution is 2.29. The van der Waals surface area contributed by atoms with Crippen LogP contribution in [0.25, 0.3) is 22.6 Å². The first-order valence-electron chi connectivity index (χ1n) is 11.9. The molecule has 1 atom stereocenters. The predicted octanol–water partition coefficient (Wildman–Crippen LogP) is 4.83. The lowest BCUT2D eigenvalue weighted by Crippen LogP contribution is -2.36. The fraction of sp³-hybridized carbons (Fsp3) is 0.214. The van der Waals surface area contributed by atoms with Crippen LogP contribution in [0, 0.1) is 6.92 Å². The van der Waals surface area contributed by atoms with E-state index in [1.165, 1.54) is 17.0 Å². The quantitative estimate of drug-likeness (QED) is 0.410.